The first kappa shape index (κ1) is 45.6. The molecule has 1 saturated heterocycles. The molecule has 13 nitrogen and oxygen atoms in total. The van der Waals surface area contributed by atoms with Crippen molar-refractivity contribution in [3.63, 3.8) is 0 Å². The summed E-state index contributed by atoms with van der Waals surface area (Å²) >= 11 is 0. The van der Waals surface area contributed by atoms with Crippen molar-refractivity contribution in [2.24, 2.45) is 11.8 Å². The molecular formula is C50H57FN6O7. The summed E-state index contributed by atoms with van der Waals surface area (Å²) in [4.78, 5) is 82.8. The van der Waals surface area contributed by atoms with Crippen molar-refractivity contribution in [1.82, 2.24) is 31.5 Å². The number of hydrogen-bond donors (Lipinski definition) is 6. The summed E-state index contributed by atoms with van der Waals surface area (Å²) in [6.45, 7) is 1.47. The first-order valence-electron chi connectivity index (χ1n) is 22.4. The van der Waals surface area contributed by atoms with E-state index in [9.17, 15) is 38.3 Å². The van der Waals surface area contributed by atoms with Crippen LogP contribution in [-0.2, 0) is 25.6 Å². The summed E-state index contributed by atoms with van der Waals surface area (Å²) < 4.78 is 13.7. The maximum atomic E-state index is 14.0. The zero-order valence-corrected chi connectivity index (χ0v) is 36.1. The minimum atomic E-state index is -2.50. The van der Waals surface area contributed by atoms with Gasteiger partial charge in [-0.3, -0.25) is 28.8 Å². The van der Waals surface area contributed by atoms with Gasteiger partial charge >= 0.3 is 0 Å². The van der Waals surface area contributed by atoms with Crippen LogP contribution in [-0.4, -0.2) is 89.4 Å². The Kier molecular flexibility index (Phi) is 14.9. The molecule has 7 rings (SSSR count). The SMILES string of the molecule is CCCCCCC(=O)N[C@](O)(CNC(=O)c1ccc(C(=O)N2C[C@@H](C(=O)N[C@H]3C[C@@H]3c3ccccc3)[C@H](C(=O)N[C@H]3C[C@@H]3c3ccccc3)C2)cc1)C(=O)NCCc1cccc(F)c1. The Morgan fingerprint density at radius 1 is 0.703 bits per heavy atom. The highest BCUT2D eigenvalue weighted by Gasteiger charge is 2.49. The summed E-state index contributed by atoms with van der Waals surface area (Å²) in [5.74, 6) is -4.73. The van der Waals surface area contributed by atoms with E-state index in [0.717, 1.165) is 43.2 Å². The summed E-state index contributed by atoms with van der Waals surface area (Å²) in [5.41, 5.74) is 0.745. The number of rotatable bonds is 20. The van der Waals surface area contributed by atoms with Gasteiger partial charge in [-0.05, 0) is 78.8 Å². The van der Waals surface area contributed by atoms with Crippen molar-refractivity contribution in [3.8, 4) is 0 Å². The Labute approximate surface area is 373 Å². The minimum absolute atomic E-state index is 0.0265. The number of unbranched alkanes of at least 4 members (excludes halogenated alkanes) is 3. The lowest BCUT2D eigenvalue weighted by molar-refractivity contribution is -0.148. The Hall–Kier alpha value is -6.41. The molecule has 7 atom stereocenters. The zero-order valence-electron chi connectivity index (χ0n) is 36.1. The highest BCUT2D eigenvalue weighted by atomic mass is 19.1. The number of amides is 6. The van der Waals surface area contributed by atoms with E-state index in [4.69, 9.17) is 0 Å². The summed E-state index contributed by atoms with van der Waals surface area (Å²) in [5, 5.41) is 25.2. The molecule has 6 N–H and O–H groups in total. The molecule has 6 amide bonds. The number of hydrogen-bond acceptors (Lipinski definition) is 7. The lowest BCUT2D eigenvalue weighted by Gasteiger charge is -2.28. The van der Waals surface area contributed by atoms with Gasteiger partial charge in [-0.25, -0.2) is 4.39 Å². The molecule has 0 spiro atoms. The van der Waals surface area contributed by atoms with Crippen molar-refractivity contribution >= 4 is 35.4 Å². The predicted octanol–water partition coefficient (Wildman–Crippen LogP) is 4.72. The molecule has 0 bridgehead atoms. The molecule has 14 heteroatoms. The highest BCUT2D eigenvalue weighted by Crippen LogP contribution is 2.42. The van der Waals surface area contributed by atoms with Gasteiger partial charge in [-0.2, -0.15) is 0 Å². The average Bonchev–Trinajstić information content (AvgIpc) is 4.21. The molecule has 336 valence electrons. The van der Waals surface area contributed by atoms with Crippen LogP contribution in [0.4, 0.5) is 4.39 Å². The lowest BCUT2D eigenvalue weighted by Crippen LogP contribution is -2.64. The van der Waals surface area contributed by atoms with Crippen LogP contribution >= 0.6 is 0 Å². The topological polar surface area (TPSA) is 186 Å². The van der Waals surface area contributed by atoms with E-state index < -0.39 is 53.6 Å². The van der Waals surface area contributed by atoms with Crippen molar-refractivity contribution in [3.05, 3.63) is 143 Å². The van der Waals surface area contributed by atoms with Gasteiger partial charge in [0.25, 0.3) is 17.7 Å². The van der Waals surface area contributed by atoms with E-state index in [0.29, 0.717) is 12.0 Å². The molecule has 1 aliphatic heterocycles. The van der Waals surface area contributed by atoms with Gasteiger partial charge in [0.1, 0.15) is 5.82 Å². The van der Waals surface area contributed by atoms with Crippen LogP contribution in [0.2, 0.25) is 0 Å². The fourth-order valence-corrected chi connectivity index (χ4v) is 8.53. The van der Waals surface area contributed by atoms with Gasteiger partial charge in [0.15, 0.2) is 0 Å². The Bertz CT molecular complexity index is 2220. The van der Waals surface area contributed by atoms with E-state index in [2.05, 4.69) is 26.6 Å². The first-order valence-corrected chi connectivity index (χ1v) is 22.4. The second-order valence-corrected chi connectivity index (χ2v) is 17.3. The van der Waals surface area contributed by atoms with Gasteiger partial charge < -0.3 is 36.6 Å². The normalized spacial score (nSPS) is 21.8. The second-order valence-electron chi connectivity index (χ2n) is 17.3. The molecule has 3 fully saturated rings. The summed E-state index contributed by atoms with van der Waals surface area (Å²) in [6.07, 6.45) is 5.16. The van der Waals surface area contributed by atoms with Gasteiger partial charge in [0.05, 0.1) is 18.4 Å². The number of nitrogens with one attached hydrogen (secondary N) is 5. The standard InChI is InChI=1S/C50H57FN6O7/c1-2-3-4-11-19-44(58)56-50(64,49(63)52-25-24-32-13-12-18-37(51)26-32)31-53-45(59)35-20-22-36(23-21-35)48(62)57-29-40(46(60)54-42-27-38(42)33-14-7-5-8-15-33)41(30-57)47(61)55-43-28-39(43)34-16-9-6-10-17-34/h5-10,12-18,20-23,26,38-43,64H,2-4,11,19,24-25,27-31H2,1H3,(H,52,63)(H,53,59)(H,54,60)(H,55,61)(H,56,58)/t38-,39-,40-,41-,42+,43+,50+/m1/s1. The second kappa shape index (κ2) is 20.8. The number of halogens is 1. The molecule has 64 heavy (non-hydrogen) atoms. The molecule has 2 aliphatic carbocycles. The molecule has 0 radical (unpaired) electrons. The van der Waals surface area contributed by atoms with E-state index >= 15 is 0 Å². The van der Waals surface area contributed by atoms with E-state index in [-0.39, 0.29) is 79.3 Å². The van der Waals surface area contributed by atoms with Crippen LogP contribution < -0.4 is 26.6 Å². The molecular weight excluding hydrogens is 816 g/mol. The quantitative estimate of drug-likeness (QED) is 0.0548. The Morgan fingerprint density at radius 2 is 1.28 bits per heavy atom. The van der Waals surface area contributed by atoms with E-state index in [1.807, 2.05) is 67.6 Å². The van der Waals surface area contributed by atoms with E-state index in [1.165, 1.54) is 41.3 Å². The number of aliphatic hydroxyl groups is 1. The summed E-state index contributed by atoms with van der Waals surface area (Å²) in [7, 11) is 0. The molecule has 0 aromatic heterocycles. The smallest absolute Gasteiger partial charge is 0.275 e. The number of carbonyl (C=O) groups is 6. The van der Waals surface area contributed by atoms with E-state index in [1.54, 1.807) is 12.1 Å². The molecule has 0 unspecified atom stereocenters. The van der Waals surface area contributed by atoms with Crippen LogP contribution in [0.1, 0.15) is 101 Å². The van der Waals surface area contributed by atoms with Crippen LogP contribution in [0.25, 0.3) is 0 Å². The molecule has 4 aromatic carbocycles. The lowest BCUT2D eigenvalue weighted by atomic mass is 9.94. The molecule has 2 saturated carbocycles. The zero-order chi connectivity index (χ0) is 45.2. The molecule has 3 aliphatic rings. The monoisotopic (exact) mass is 872 g/mol. The summed E-state index contributed by atoms with van der Waals surface area (Å²) in [6, 6.07) is 31.4. The van der Waals surface area contributed by atoms with Crippen LogP contribution in [0.15, 0.2) is 109 Å². The number of likely N-dealkylation sites (tertiary alicyclic amines) is 1. The van der Waals surface area contributed by atoms with Crippen LogP contribution in [0.5, 0.6) is 0 Å². The van der Waals surface area contributed by atoms with Crippen molar-refractivity contribution in [2.45, 2.75) is 87.9 Å². The number of carbonyl (C=O) groups excluding carboxylic acids is 6. The Balaban J connectivity index is 0.978. The maximum Gasteiger partial charge on any atom is 0.275 e. The van der Waals surface area contributed by atoms with Crippen molar-refractivity contribution in [2.75, 3.05) is 26.2 Å². The van der Waals surface area contributed by atoms with Gasteiger partial charge in [-0.1, -0.05) is 99.0 Å². The number of nitrogens with zero attached hydrogens (tertiary/aromatic N) is 1. The molecule has 4 aromatic rings. The third-order valence-electron chi connectivity index (χ3n) is 12.4. The maximum absolute atomic E-state index is 14.0. The highest BCUT2D eigenvalue weighted by molar-refractivity contribution is 5.99. The van der Waals surface area contributed by atoms with Crippen molar-refractivity contribution < 1.29 is 38.3 Å². The van der Waals surface area contributed by atoms with Crippen molar-refractivity contribution in [1.29, 1.82) is 0 Å². The Morgan fingerprint density at radius 3 is 1.84 bits per heavy atom. The van der Waals surface area contributed by atoms with Crippen LogP contribution in [0.3, 0.4) is 0 Å². The largest absolute Gasteiger partial charge is 0.362 e. The third-order valence-corrected chi connectivity index (χ3v) is 12.4. The third kappa shape index (κ3) is 11.8. The predicted molar refractivity (Wildman–Crippen MR) is 238 cm³/mol. The molecule has 1 heterocycles. The van der Waals surface area contributed by atoms with Gasteiger partial charge in [0, 0.05) is 61.1 Å². The average molecular weight is 873 g/mol. The van der Waals surface area contributed by atoms with Crippen LogP contribution in [0, 0.1) is 17.7 Å². The van der Waals surface area contributed by atoms with Gasteiger partial charge in [0.2, 0.25) is 23.4 Å². The fraction of sp³-hybridized carbons (Fsp3) is 0.400. The fourth-order valence-electron chi connectivity index (χ4n) is 8.53. The number of benzene rings is 4. The minimum Gasteiger partial charge on any atom is -0.362 e. The first-order chi connectivity index (χ1) is 30.9. The van der Waals surface area contributed by atoms with Gasteiger partial charge in [-0.15, -0.1) is 0 Å².